The van der Waals surface area contributed by atoms with E-state index >= 15 is 0 Å². The zero-order chi connectivity index (χ0) is 30.7. The fourth-order valence-corrected chi connectivity index (χ4v) is 5.45. The van der Waals surface area contributed by atoms with E-state index in [1.165, 1.54) is 52.3 Å². The second-order valence-corrected chi connectivity index (χ2v) is 10.2. The normalized spacial score (nSPS) is 17.4. The van der Waals surface area contributed by atoms with Crippen LogP contribution in [0.25, 0.3) is 0 Å². The molecule has 5 rings (SSSR count). The number of benzene rings is 3. The molecule has 0 saturated heterocycles. The van der Waals surface area contributed by atoms with Crippen molar-refractivity contribution in [1.82, 2.24) is 20.4 Å². The molecule has 43 heavy (non-hydrogen) atoms. The molecule has 7 nitrogen and oxygen atoms in total. The van der Waals surface area contributed by atoms with Crippen LogP contribution in [0.4, 0.5) is 22.4 Å². The molecule has 0 aromatic heterocycles. The molecule has 4 amide bonds. The lowest BCUT2D eigenvalue weighted by atomic mass is 9.91. The quantitative estimate of drug-likeness (QED) is 0.267. The molecule has 2 atom stereocenters. The third-order valence-corrected chi connectivity index (χ3v) is 7.50. The predicted molar refractivity (Wildman–Crippen MR) is 151 cm³/mol. The van der Waals surface area contributed by atoms with Crippen LogP contribution in [-0.4, -0.2) is 46.8 Å². The molecule has 11 heteroatoms. The summed E-state index contributed by atoms with van der Waals surface area (Å²) >= 11 is 0. The Morgan fingerprint density at radius 2 is 1.70 bits per heavy atom. The van der Waals surface area contributed by atoms with Crippen LogP contribution >= 0.6 is 0 Å². The molecular weight excluding hydrogens is 564 g/mol. The Labute approximate surface area is 245 Å². The van der Waals surface area contributed by atoms with Crippen molar-refractivity contribution in [1.29, 1.82) is 0 Å². The summed E-state index contributed by atoms with van der Waals surface area (Å²) in [5.74, 6) is -1.78. The Balaban J connectivity index is 1.53. The number of nitrogens with zero attached hydrogens (tertiary/aromatic N) is 2. The van der Waals surface area contributed by atoms with Crippen LogP contribution in [0.3, 0.4) is 0 Å². The van der Waals surface area contributed by atoms with Gasteiger partial charge in [0.25, 0.3) is 5.91 Å². The second kappa shape index (κ2) is 12.1. The maximum Gasteiger partial charge on any atom is 0.416 e. The third-order valence-electron chi connectivity index (χ3n) is 7.50. The minimum Gasteiger partial charge on any atom is -0.350 e. The van der Waals surface area contributed by atoms with E-state index in [-0.39, 0.29) is 48.5 Å². The molecule has 2 aliphatic heterocycles. The molecule has 0 spiro atoms. The van der Waals surface area contributed by atoms with E-state index in [0.29, 0.717) is 0 Å². The topological polar surface area (TPSA) is 81.8 Å². The highest BCUT2D eigenvalue weighted by Gasteiger charge is 2.48. The van der Waals surface area contributed by atoms with E-state index in [1.54, 1.807) is 36.4 Å². The van der Waals surface area contributed by atoms with Gasteiger partial charge in [0.15, 0.2) is 0 Å². The van der Waals surface area contributed by atoms with Crippen LogP contribution in [-0.2, 0) is 28.7 Å². The summed E-state index contributed by atoms with van der Waals surface area (Å²) in [4.78, 5) is 43.5. The molecule has 3 aromatic carbocycles. The lowest BCUT2D eigenvalue weighted by molar-refractivity contribution is -0.138. The highest BCUT2D eigenvalue weighted by atomic mass is 19.4. The van der Waals surface area contributed by atoms with E-state index in [4.69, 9.17) is 0 Å². The number of alkyl halides is 3. The molecule has 0 saturated carbocycles. The van der Waals surface area contributed by atoms with Crippen molar-refractivity contribution in [2.45, 2.75) is 31.2 Å². The molecule has 222 valence electrons. The van der Waals surface area contributed by atoms with Crippen LogP contribution in [0.5, 0.6) is 0 Å². The summed E-state index contributed by atoms with van der Waals surface area (Å²) < 4.78 is 56.3. The van der Waals surface area contributed by atoms with Crippen LogP contribution in [0.2, 0.25) is 0 Å². The number of urea groups is 1. The smallest absolute Gasteiger partial charge is 0.350 e. The summed E-state index contributed by atoms with van der Waals surface area (Å²) in [6, 6.07) is 16.4. The standard InChI is InChI=1S/C32H28F4N4O3/c1-2-16-39-26-19-40(30(42)27(26)28(38-31(39)43)22-13-7-8-14-23(22)32(34,35)36)25(17-20-10-4-3-5-11-20)29(41)37-18-21-12-6-9-15-24(21)33/h2-15,25,28H,1,16-19H2,(H,37,41)(H,38,43). The van der Waals surface area contributed by atoms with Crippen molar-refractivity contribution < 1.29 is 31.9 Å². The van der Waals surface area contributed by atoms with Crippen molar-refractivity contribution in [3.05, 3.63) is 131 Å². The summed E-state index contributed by atoms with van der Waals surface area (Å²) in [6.45, 7) is 3.30. The zero-order valence-electron chi connectivity index (χ0n) is 22.9. The number of hydrogen-bond acceptors (Lipinski definition) is 3. The second-order valence-electron chi connectivity index (χ2n) is 10.2. The maximum atomic E-state index is 14.3. The molecular formula is C32H28F4N4O3. The molecule has 0 radical (unpaired) electrons. The predicted octanol–water partition coefficient (Wildman–Crippen LogP) is 5.12. The average Bonchev–Trinajstić information content (AvgIpc) is 3.33. The number of rotatable bonds is 9. The molecule has 2 heterocycles. The van der Waals surface area contributed by atoms with Gasteiger partial charge in [-0.15, -0.1) is 6.58 Å². The van der Waals surface area contributed by atoms with E-state index in [2.05, 4.69) is 17.2 Å². The molecule has 0 aliphatic carbocycles. The Bertz CT molecular complexity index is 1590. The first-order valence-corrected chi connectivity index (χ1v) is 13.5. The lowest BCUT2D eigenvalue weighted by Crippen LogP contribution is -2.49. The fourth-order valence-electron chi connectivity index (χ4n) is 5.45. The van der Waals surface area contributed by atoms with E-state index in [9.17, 15) is 31.9 Å². The first kappa shape index (κ1) is 29.6. The van der Waals surface area contributed by atoms with E-state index in [0.717, 1.165) is 11.6 Å². The van der Waals surface area contributed by atoms with Crippen LogP contribution in [0.1, 0.15) is 28.3 Å². The summed E-state index contributed by atoms with van der Waals surface area (Å²) in [6.07, 6.45) is -3.24. The Hall–Kier alpha value is -4.93. The Morgan fingerprint density at radius 1 is 1.02 bits per heavy atom. The number of amides is 4. The van der Waals surface area contributed by atoms with E-state index < -0.39 is 47.5 Å². The third kappa shape index (κ3) is 6.01. The molecule has 2 aliphatic rings. The average molecular weight is 593 g/mol. The van der Waals surface area contributed by atoms with Crippen LogP contribution < -0.4 is 10.6 Å². The van der Waals surface area contributed by atoms with Crippen LogP contribution in [0, 0.1) is 5.82 Å². The molecule has 3 aromatic rings. The van der Waals surface area contributed by atoms with Crippen molar-refractivity contribution in [3.8, 4) is 0 Å². The highest BCUT2D eigenvalue weighted by molar-refractivity contribution is 6.03. The van der Waals surface area contributed by atoms with Gasteiger partial charge < -0.3 is 15.5 Å². The van der Waals surface area contributed by atoms with Gasteiger partial charge in [0.2, 0.25) is 5.91 Å². The van der Waals surface area contributed by atoms with Gasteiger partial charge in [-0.25, -0.2) is 9.18 Å². The molecule has 0 fully saturated rings. The van der Waals surface area contributed by atoms with E-state index in [1.807, 2.05) is 0 Å². The number of hydrogen-bond donors (Lipinski definition) is 2. The van der Waals surface area contributed by atoms with Gasteiger partial charge >= 0.3 is 12.2 Å². The number of nitrogens with one attached hydrogen (secondary N) is 2. The Morgan fingerprint density at radius 3 is 2.40 bits per heavy atom. The molecule has 0 bridgehead atoms. The van der Waals surface area contributed by atoms with Crippen molar-refractivity contribution in [2.24, 2.45) is 0 Å². The van der Waals surface area contributed by atoms with Crippen LogP contribution in [0.15, 0.2) is 103 Å². The zero-order valence-corrected chi connectivity index (χ0v) is 22.9. The van der Waals surface area contributed by atoms with Crippen molar-refractivity contribution in [2.75, 3.05) is 13.1 Å². The number of carbonyl (C=O) groups is 3. The minimum absolute atomic E-state index is 0.0117. The monoisotopic (exact) mass is 592 g/mol. The first-order valence-electron chi connectivity index (χ1n) is 13.5. The van der Waals surface area contributed by atoms with Gasteiger partial charge in [-0.3, -0.25) is 14.5 Å². The number of carbonyl (C=O) groups excluding carboxylic acids is 3. The van der Waals surface area contributed by atoms with Crippen molar-refractivity contribution in [3.63, 3.8) is 0 Å². The summed E-state index contributed by atoms with van der Waals surface area (Å²) in [7, 11) is 0. The van der Waals surface area contributed by atoms with Crippen molar-refractivity contribution >= 4 is 17.8 Å². The first-order chi connectivity index (χ1) is 20.6. The lowest BCUT2D eigenvalue weighted by Gasteiger charge is -2.33. The molecule has 2 N–H and O–H groups in total. The molecule has 2 unspecified atom stereocenters. The SMILES string of the molecule is C=CCN1C(=O)NC(c2ccccc2C(F)(F)F)C2=C1CN(C(Cc1ccccc1)C(=O)NCc1ccccc1F)C2=O. The Kier molecular flexibility index (Phi) is 8.33. The summed E-state index contributed by atoms with van der Waals surface area (Å²) in [5, 5.41) is 5.27. The highest BCUT2D eigenvalue weighted by Crippen LogP contribution is 2.42. The van der Waals surface area contributed by atoms with Gasteiger partial charge in [0.05, 0.1) is 29.4 Å². The largest absolute Gasteiger partial charge is 0.416 e. The number of halogens is 4. The van der Waals surface area contributed by atoms with Gasteiger partial charge in [-0.1, -0.05) is 72.8 Å². The van der Waals surface area contributed by atoms with Gasteiger partial charge in [0, 0.05) is 25.1 Å². The minimum atomic E-state index is -4.75. The van der Waals surface area contributed by atoms with Gasteiger partial charge in [-0.2, -0.15) is 13.2 Å². The van der Waals surface area contributed by atoms with Gasteiger partial charge in [0.1, 0.15) is 11.9 Å². The fraction of sp³-hybridized carbons (Fsp3) is 0.219. The maximum absolute atomic E-state index is 14.3. The summed E-state index contributed by atoms with van der Waals surface area (Å²) in [5.41, 5.74) is -0.168. The van der Waals surface area contributed by atoms with Gasteiger partial charge in [-0.05, 0) is 23.3 Å².